The monoisotopic (exact) mass is 459 g/mol. The van der Waals surface area contributed by atoms with Crippen molar-refractivity contribution in [3.8, 4) is 17.2 Å². The molecule has 0 radical (unpaired) electrons. The van der Waals surface area contributed by atoms with Gasteiger partial charge in [-0.2, -0.15) is 4.80 Å². The number of anilines is 2. The summed E-state index contributed by atoms with van der Waals surface area (Å²) in [6.07, 6.45) is 0. The lowest BCUT2D eigenvalue weighted by molar-refractivity contribution is 0.102. The van der Waals surface area contributed by atoms with Gasteiger partial charge in [0.05, 0.1) is 19.9 Å². The minimum absolute atomic E-state index is 0.265. The predicted octanol–water partition coefficient (Wildman–Crippen LogP) is 4.84. The third-order valence-electron chi connectivity index (χ3n) is 5.80. The Morgan fingerprint density at radius 3 is 2.06 bits per heavy atom. The van der Waals surface area contributed by atoms with Crippen molar-refractivity contribution in [3.05, 3.63) is 65.7 Å². The summed E-state index contributed by atoms with van der Waals surface area (Å²) in [5, 5.41) is 12.2. The molecule has 1 heterocycles. The van der Waals surface area contributed by atoms with Gasteiger partial charge in [0.2, 0.25) is 0 Å². The van der Waals surface area contributed by atoms with Crippen LogP contribution in [0.4, 0.5) is 11.4 Å². The minimum atomic E-state index is -0.265. The molecule has 34 heavy (non-hydrogen) atoms. The maximum Gasteiger partial charge on any atom is 0.255 e. The van der Waals surface area contributed by atoms with Crippen LogP contribution in [-0.2, 0) is 0 Å². The number of rotatable bonds is 8. The molecule has 0 atom stereocenters. The Labute approximate surface area is 199 Å². The van der Waals surface area contributed by atoms with Crippen LogP contribution < -0.4 is 19.7 Å². The van der Waals surface area contributed by atoms with Gasteiger partial charge in [-0.3, -0.25) is 4.79 Å². The number of aromatic nitrogens is 3. The molecule has 3 aromatic carbocycles. The molecule has 1 amide bonds. The number of ether oxygens (including phenoxy) is 2. The lowest BCUT2D eigenvalue weighted by atomic mass is 10.1. The minimum Gasteiger partial charge on any atom is -0.497 e. The zero-order chi connectivity index (χ0) is 24.2. The van der Waals surface area contributed by atoms with E-state index in [0.29, 0.717) is 28.3 Å². The van der Waals surface area contributed by atoms with Gasteiger partial charge >= 0.3 is 0 Å². The standard InChI is InChI=1S/C26H29N5O3/c1-6-30(7-2)19-8-10-20(11-9-19)31-28-24-12-17(3)23(16-25(24)29-31)27-26(32)18-13-21(33-4)15-22(14-18)34-5/h8-16H,6-7H2,1-5H3,(H,27,32). The summed E-state index contributed by atoms with van der Waals surface area (Å²) in [6.45, 7) is 8.12. The molecule has 4 rings (SSSR count). The van der Waals surface area contributed by atoms with Gasteiger partial charge in [-0.25, -0.2) is 0 Å². The highest BCUT2D eigenvalue weighted by Crippen LogP contribution is 2.26. The Morgan fingerprint density at radius 2 is 1.50 bits per heavy atom. The lowest BCUT2D eigenvalue weighted by Gasteiger charge is -2.20. The normalized spacial score (nSPS) is 10.9. The van der Waals surface area contributed by atoms with Crippen molar-refractivity contribution < 1.29 is 14.3 Å². The van der Waals surface area contributed by atoms with Crippen LogP contribution in [0, 0.1) is 6.92 Å². The maximum atomic E-state index is 12.9. The van der Waals surface area contributed by atoms with Gasteiger partial charge in [0.25, 0.3) is 5.91 Å². The first-order chi connectivity index (χ1) is 16.4. The van der Waals surface area contributed by atoms with Crippen molar-refractivity contribution in [1.29, 1.82) is 0 Å². The Balaban J connectivity index is 1.60. The average Bonchev–Trinajstić information content (AvgIpc) is 3.27. The van der Waals surface area contributed by atoms with E-state index in [9.17, 15) is 4.79 Å². The molecule has 0 saturated heterocycles. The number of benzene rings is 3. The fourth-order valence-corrected chi connectivity index (χ4v) is 3.84. The number of carbonyl (C=O) groups is 1. The van der Waals surface area contributed by atoms with Gasteiger partial charge in [0, 0.05) is 36.1 Å². The van der Waals surface area contributed by atoms with E-state index in [-0.39, 0.29) is 5.91 Å². The number of hydrogen-bond acceptors (Lipinski definition) is 6. The fourth-order valence-electron chi connectivity index (χ4n) is 3.84. The Kier molecular flexibility index (Phi) is 6.67. The molecular formula is C26H29N5O3. The van der Waals surface area contributed by atoms with Crippen LogP contribution in [0.2, 0.25) is 0 Å². The largest absolute Gasteiger partial charge is 0.497 e. The predicted molar refractivity (Wildman–Crippen MR) is 135 cm³/mol. The van der Waals surface area contributed by atoms with E-state index in [1.165, 1.54) is 5.69 Å². The van der Waals surface area contributed by atoms with Gasteiger partial charge in [-0.05, 0) is 74.9 Å². The number of nitrogens with zero attached hydrogens (tertiary/aromatic N) is 4. The van der Waals surface area contributed by atoms with Crippen LogP contribution >= 0.6 is 0 Å². The van der Waals surface area contributed by atoms with Crippen molar-refractivity contribution in [2.45, 2.75) is 20.8 Å². The molecule has 4 aromatic rings. The van der Waals surface area contributed by atoms with Gasteiger partial charge in [0.15, 0.2) is 0 Å². The third-order valence-corrected chi connectivity index (χ3v) is 5.80. The lowest BCUT2D eigenvalue weighted by Crippen LogP contribution is -2.21. The molecule has 0 saturated carbocycles. The van der Waals surface area contributed by atoms with Gasteiger partial charge in [-0.1, -0.05) is 0 Å². The summed E-state index contributed by atoms with van der Waals surface area (Å²) >= 11 is 0. The van der Waals surface area contributed by atoms with Crippen LogP contribution in [0.3, 0.4) is 0 Å². The zero-order valence-electron chi connectivity index (χ0n) is 20.1. The molecule has 0 aliphatic heterocycles. The Hall–Kier alpha value is -4.07. The van der Waals surface area contributed by atoms with Crippen molar-refractivity contribution in [2.24, 2.45) is 0 Å². The maximum absolute atomic E-state index is 12.9. The Morgan fingerprint density at radius 1 is 0.912 bits per heavy atom. The first-order valence-electron chi connectivity index (χ1n) is 11.2. The van der Waals surface area contributed by atoms with Crippen molar-refractivity contribution in [2.75, 3.05) is 37.5 Å². The van der Waals surface area contributed by atoms with Gasteiger partial charge in [-0.15, -0.1) is 10.2 Å². The van der Waals surface area contributed by atoms with E-state index in [1.54, 1.807) is 37.2 Å². The first kappa shape index (κ1) is 23.1. The number of methoxy groups -OCH3 is 2. The second-order valence-corrected chi connectivity index (χ2v) is 7.89. The van der Waals surface area contributed by atoms with Crippen LogP contribution in [0.5, 0.6) is 11.5 Å². The summed E-state index contributed by atoms with van der Waals surface area (Å²) in [6, 6.07) is 17.0. The van der Waals surface area contributed by atoms with E-state index in [1.807, 2.05) is 31.2 Å². The smallest absolute Gasteiger partial charge is 0.255 e. The van der Waals surface area contributed by atoms with E-state index in [2.05, 4.69) is 46.4 Å². The number of fused-ring (bicyclic) bond motifs is 1. The number of carbonyl (C=O) groups excluding carboxylic acids is 1. The average molecular weight is 460 g/mol. The van der Waals surface area contributed by atoms with Crippen LogP contribution in [-0.4, -0.2) is 48.2 Å². The molecule has 0 fully saturated rings. The van der Waals surface area contributed by atoms with Crippen molar-refractivity contribution >= 4 is 28.3 Å². The van der Waals surface area contributed by atoms with Gasteiger partial charge < -0.3 is 19.7 Å². The fraction of sp³-hybridized carbons (Fsp3) is 0.269. The quantitative estimate of drug-likeness (QED) is 0.406. The summed E-state index contributed by atoms with van der Waals surface area (Å²) < 4.78 is 10.5. The molecule has 0 aliphatic rings. The van der Waals surface area contributed by atoms with Gasteiger partial charge in [0.1, 0.15) is 22.5 Å². The molecule has 0 unspecified atom stereocenters. The number of aryl methyl sites for hydroxylation is 1. The van der Waals surface area contributed by atoms with E-state index in [4.69, 9.17) is 9.47 Å². The summed E-state index contributed by atoms with van der Waals surface area (Å²) in [7, 11) is 3.10. The topological polar surface area (TPSA) is 81.5 Å². The number of nitrogens with one attached hydrogen (secondary N) is 1. The molecular weight excluding hydrogens is 430 g/mol. The third kappa shape index (κ3) is 4.66. The SMILES string of the molecule is CCN(CC)c1ccc(-n2nc3cc(C)c(NC(=O)c4cc(OC)cc(OC)c4)cc3n2)cc1. The molecule has 176 valence electrons. The summed E-state index contributed by atoms with van der Waals surface area (Å²) in [5.74, 6) is 0.831. The number of amides is 1. The second-order valence-electron chi connectivity index (χ2n) is 7.89. The van der Waals surface area contributed by atoms with E-state index >= 15 is 0 Å². The molecule has 8 heteroatoms. The van der Waals surface area contributed by atoms with Crippen LogP contribution in [0.15, 0.2) is 54.6 Å². The van der Waals surface area contributed by atoms with E-state index in [0.717, 1.165) is 29.9 Å². The summed E-state index contributed by atoms with van der Waals surface area (Å²) in [5.41, 5.74) is 5.48. The van der Waals surface area contributed by atoms with Crippen LogP contribution in [0.25, 0.3) is 16.7 Å². The highest BCUT2D eigenvalue weighted by molar-refractivity contribution is 6.06. The molecule has 0 spiro atoms. The highest BCUT2D eigenvalue weighted by Gasteiger charge is 2.14. The molecule has 8 nitrogen and oxygen atoms in total. The van der Waals surface area contributed by atoms with Crippen molar-refractivity contribution in [1.82, 2.24) is 15.0 Å². The zero-order valence-corrected chi connectivity index (χ0v) is 20.1. The van der Waals surface area contributed by atoms with Crippen molar-refractivity contribution in [3.63, 3.8) is 0 Å². The molecule has 0 bridgehead atoms. The first-order valence-corrected chi connectivity index (χ1v) is 11.2. The highest BCUT2D eigenvalue weighted by atomic mass is 16.5. The molecule has 1 N–H and O–H groups in total. The second kappa shape index (κ2) is 9.82. The number of hydrogen-bond donors (Lipinski definition) is 1. The Bertz CT molecular complexity index is 1290. The summed E-state index contributed by atoms with van der Waals surface area (Å²) in [4.78, 5) is 16.8. The molecule has 1 aromatic heterocycles. The van der Waals surface area contributed by atoms with E-state index < -0.39 is 0 Å². The molecule has 0 aliphatic carbocycles. The van der Waals surface area contributed by atoms with Crippen LogP contribution in [0.1, 0.15) is 29.8 Å².